The highest BCUT2D eigenvalue weighted by atomic mass is 16.5. The van der Waals surface area contributed by atoms with Crippen LogP contribution in [0.15, 0.2) is 60.8 Å². The number of aromatic nitrogens is 1. The first-order valence-electron chi connectivity index (χ1n) is 7.01. The summed E-state index contributed by atoms with van der Waals surface area (Å²) in [5.41, 5.74) is 3.21. The standard InChI is InChI=1S/C18H18N2O/c1-13(14-7-5-8-17(11-14)21-2)20-16-10-15-6-3-4-9-18(15)19-12-16/h3-13,20H,1-2H3. The number of anilines is 1. The number of ether oxygens (including phenoxy) is 1. The smallest absolute Gasteiger partial charge is 0.119 e. The number of nitrogens with one attached hydrogen (secondary N) is 1. The van der Waals surface area contributed by atoms with Crippen LogP contribution in [0.4, 0.5) is 5.69 Å². The zero-order valence-corrected chi connectivity index (χ0v) is 12.2. The van der Waals surface area contributed by atoms with Gasteiger partial charge < -0.3 is 10.1 Å². The van der Waals surface area contributed by atoms with Gasteiger partial charge in [0, 0.05) is 11.4 Å². The average Bonchev–Trinajstić information content (AvgIpc) is 2.54. The minimum atomic E-state index is 0.183. The van der Waals surface area contributed by atoms with E-state index in [0.717, 1.165) is 22.3 Å². The van der Waals surface area contributed by atoms with E-state index in [2.05, 4.69) is 35.4 Å². The summed E-state index contributed by atoms with van der Waals surface area (Å²) in [7, 11) is 1.68. The predicted octanol–water partition coefficient (Wildman–Crippen LogP) is 4.42. The second-order valence-electron chi connectivity index (χ2n) is 5.06. The van der Waals surface area contributed by atoms with E-state index in [-0.39, 0.29) is 6.04 Å². The molecule has 3 heteroatoms. The Morgan fingerprint density at radius 2 is 1.90 bits per heavy atom. The van der Waals surface area contributed by atoms with E-state index in [1.54, 1.807) is 7.11 Å². The first-order valence-corrected chi connectivity index (χ1v) is 7.01. The summed E-state index contributed by atoms with van der Waals surface area (Å²) in [6, 6.07) is 18.5. The third kappa shape index (κ3) is 2.97. The van der Waals surface area contributed by atoms with E-state index in [1.165, 1.54) is 5.56 Å². The maximum absolute atomic E-state index is 5.27. The van der Waals surface area contributed by atoms with Crippen molar-refractivity contribution < 1.29 is 4.74 Å². The van der Waals surface area contributed by atoms with Crippen LogP contribution in [0.1, 0.15) is 18.5 Å². The molecule has 3 nitrogen and oxygen atoms in total. The van der Waals surface area contributed by atoms with Crippen molar-refractivity contribution in [2.75, 3.05) is 12.4 Å². The third-order valence-corrected chi connectivity index (χ3v) is 3.57. The molecule has 0 saturated carbocycles. The van der Waals surface area contributed by atoms with Crippen LogP contribution in [0.3, 0.4) is 0 Å². The molecule has 0 amide bonds. The lowest BCUT2D eigenvalue weighted by atomic mass is 10.1. The Morgan fingerprint density at radius 3 is 2.76 bits per heavy atom. The van der Waals surface area contributed by atoms with Crippen molar-refractivity contribution in [1.82, 2.24) is 4.98 Å². The summed E-state index contributed by atoms with van der Waals surface area (Å²) in [4.78, 5) is 4.47. The minimum absolute atomic E-state index is 0.183. The maximum Gasteiger partial charge on any atom is 0.119 e. The van der Waals surface area contributed by atoms with E-state index in [1.807, 2.05) is 42.6 Å². The molecule has 0 aliphatic heterocycles. The largest absolute Gasteiger partial charge is 0.497 e. The molecule has 1 aromatic heterocycles. The molecule has 0 spiro atoms. The van der Waals surface area contributed by atoms with Crippen molar-refractivity contribution in [2.45, 2.75) is 13.0 Å². The summed E-state index contributed by atoms with van der Waals surface area (Å²) >= 11 is 0. The molecular formula is C18H18N2O. The highest BCUT2D eigenvalue weighted by Crippen LogP contribution is 2.24. The van der Waals surface area contributed by atoms with Crippen molar-refractivity contribution in [3.63, 3.8) is 0 Å². The van der Waals surface area contributed by atoms with E-state index < -0.39 is 0 Å². The van der Waals surface area contributed by atoms with Gasteiger partial charge in [0.15, 0.2) is 0 Å². The average molecular weight is 278 g/mol. The summed E-state index contributed by atoms with van der Waals surface area (Å²) in [6.45, 7) is 2.13. The molecule has 0 fully saturated rings. The van der Waals surface area contributed by atoms with Crippen molar-refractivity contribution in [1.29, 1.82) is 0 Å². The first kappa shape index (κ1) is 13.4. The topological polar surface area (TPSA) is 34.1 Å². The fourth-order valence-electron chi connectivity index (χ4n) is 2.39. The van der Waals surface area contributed by atoms with Crippen LogP contribution < -0.4 is 10.1 Å². The second-order valence-corrected chi connectivity index (χ2v) is 5.06. The van der Waals surface area contributed by atoms with Gasteiger partial charge in [-0.05, 0) is 36.8 Å². The number of hydrogen-bond acceptors (Lipinski definition) is 3. The molecule has 1 N–H and O–H groups in total. The number of nitrogens with zero attached hydrogens (tertiary/aromatic N) is 1. The molecule has 106 valence electrons. The molecule has 2 aromatic carbocycles. The van der Waals surface area contributed by atoms with Crippen LogP contribution in [0, 0.1) is 0 Å². The molecule has 0 saturated heterocycles. The van der Waals surface area contributed by atoms with Gasteiger partial charge in [0.2, 0.25) is 0 Å². The van der Waals surface area contributed by atoms with Gasteiger partial charge in [-0.2, -0.15) is 0 Å². The van der Waals surface area contributed by atoms with E-state index in [9.17, 15) is 0 Å². The highest BCUT2D eigenvalue weighted by molar-refractivity contribution is 5.81. The van der Waals surface area contributed by atoms with E-state index in [0.29, 0.717) is 0 Å². The molecule has 1 heterocycles. The highest BCUT2D eigenvalue weighted by Gasteiger charge is 2.07. The van der Waals surface area contributed by atoms with Crippen LogP contribution in [0.5, 0.6) is 5.75 Å². The molecule has 21 heavy (non-hydrogen) atoms. The van der Waals surface area contributed by atoms with Crippen molar-refractivity contribution in [3.8, 4) is 5.75 Å². The van der Waals surface area contributed by atoms with Gasteiger partial charge in [-0.3, -0.25) is 4.98 Å². The normalized spacial score (nSPS) is 12.1. The van der Waals surface area contributed by atoms with Crippen molar-refractivity contribution in [2.24, 2.45) is 0 Å². The SMILES string of the molecule is COc1cccc(C(C)Nc2cnc3ccccc3c2)c1. The van der Waals surface area contributed by atoms with Crippen LogP contribution in [-0.2, 0) is 0 Å². The fraction of sp³-hybridized carbons (Fsp3) is 0.167. The molecule has 1 unspecified atom stereocenters. The maximum atomic E-state index is 5.27. The van der Waals surface area contributed by atoms with Crippen LogP contribution in [0.25, 0.3) is 10.9 Å². The minimum Gasteiger partial charge on any atom is -0.497 e. The summed E-state index contributed by atoms with van der Waals surface area (Å²) in [6.07, 6.45) is 1.87. The number of benzene rings is 2. The number of methoxy groups -OCH3 is 1. The van der Waals surface area contributed by atoms with Gasteiger partial charge in [0.05, 0.1) is 24.5 Å². The van der Waals surface area contributed by atoms with Gasteiger partial charge >= 0.3 is 0 Å². The van der Waals surface area contributed by atoms with Gasteiger partial charge in [-0.15, -0.1) is 0 Å². The van der Waals surface area contributed by atoms with Crippen molar-refractivity contribution >= 4 is 16.6 Å². The van der Waals surface area contributed by atoms with Gasteiger partial charge in [-0.25, -0.2) is 0 Å². The van der Waals surface area contributed by atoms with Crippen LogP contribution >= 0.6 is 0 Å². The van der Waals surface area contributed by atoms with Crippen molar-refractivity contribution in [3.05, 3.63) is 66.4 Å². The Morgan fingerprint density at radius 1 is 1.05 bits per heavy atom. The Balaban J connectivity index is 1.83. The molecule has 1 atom stereocenters. The lowest BCUT2D eigenvalue weighted by Crippen LogP contribution is -2.07. The van der Waals surface area contributed by atoms with Crippen LogP contribution in [0.2, 0.25) is 0 Å². The fourth-order valence-corrected chi connectivity index (χ4v) is 2.39. The first-order chi connectivity index (χ1) is 10.3. The molecule has 0 aliphatic carbocycles. The Hall–Kier alpha value is -2.55. The Labute approximate surface area is 124 Å². The number of hydrogen-bond donors (Lipinski definition) is 1. The predicted molar refractivity (Wildman–Crippen MR) is 86.8 cm³/mol. The lowest BCUT2D eigenvalue weighted by molar-refractivity contribution is 0.414. The van der Waals surface area contributed by atoms with E-state index in [4.69, 9.17) is 4.74 Å². The molecular weight excluding hydrogens is 260 g/mol. The number of rotatable bonds is 4. The van der Waals surface area contributed by atoms with E-state index >= 15 is 0 Å². The molecule has 0 radical (unpaired) electrons. The summed E-state index contributed by atoms with van der Waals surface area (Å²) in [5, 5.41) is 4.62. The van der Waals surface area contributed by atoms with Gasteiger partial charge in [0.1, 0.15) is 5.75 Å². The third-order valence-electron chi connectivity index (χ3n) is 3.57. The zero-order chi connectivity index (χ0) is 14.7. The monoisotopic (exact) mass is 278 g/mol. The molecule has 3 aromatic rings. The summed E-state index contributed by atoms with van der Waals surface area (Å²) in [5.74, 6) is 0.873. The second kappa shape index (κ2) is 5.83. The Kier molecular flexibility index (Phi) is 3.73. The quantitative estimate of drug-likeness (QED) is 0.767. The van der Waals surface area contributed by atoms with Gasteiger partial charge in [0.25, 0.3) is 0 Å². The summed E-state index contributed by atoms with van der Waals surface area (Å²) < 4.78 is 5.27. The molecule has 3 rings (SSSR count). The Bertz CT molecular complexity index is 755. The number of pyridine rings is 1. The number of fused-ring (bicyclic) bond motifs is 1. The number of para-hydroxylation sites is 1. The zero-order valence-electron chi connectivity index (χ0n) is 12.2. The lowest BCUT2D eigenvalue weighted by Gasteiger charge is -2.16. The van der Waals surface area contributed by atoms with Gasteiger partial charge in [-0.1, -0.05) is 30.3 Å². The molecule has 0 bridgehead atoms. The van der Waals surface area contributed by atoms with Crippen LogP contribution in [-0.4, -0.2) is 12.1 Å². The molecule has 0 aliphatic rings.